The first kappa shape index (κ1) is 15.5. The number of H-pyrrole nitrogens is 2. The van der Waals surface area contributed by atoms with Crippen LogP contribution in [0.25, 0.3) is 32.6 Å². The summed E-state index contributed by atoms with van der Waals surface area (Å²) < 4.78 is 13.8. The van der Waals surface area contributed by atoms with Gasteiger partial charge in [0.05, 0.1) is 17.0 Å². The van der Waals surface area contributed by atoms with Crippen molar-refractivity contribution in [2.45, 2.75) is 37.7 Å². The van der Waals surface area contributed by atoms with Crippen molar-refractivity contribution in [3.63, 3.8) is 0 Å². The molecule has 5 rings (SSSR count). The summed E-state index contributed by atoms with van der Waals surface area (Å²) in [5.74, 6) is 0.541. The molecule has 26 heavy (non-hydrogen) atoms. The zero-order valence-electron chi connectivity index (χ0n) is 13.9. The van der Waals surface area contributed by atoms with E-state index in [1.54, 1.807) is 12.3 Å². The Hall–Kier alpha value is -2.80. The zero-order valence-corrected chi connectivity index (χ0v) is 13.9. The summed E-state index contributed by atoms with van der Waals surface area (Å²) in [6, 6.07) is 4.41. The summed E-state index contributed by atoms with van der Waals surface area (Å²) in [6.07, 6.45) is 4.61. The molecule has 1 aliphatic carbocycles. The maximum Gasteiger partial charge on any atom is 0.270 e. The summed E-state index contributed by atoms with van der Waals surface area (Å²) in [5, 5.41) is 17.3. The molecule has 0 radical (unpaired) electrons. The molecule has 2 aromatic carbocycles. The van der Waals surface area contributed by atoms with Gasteiger partial charge in [-0.15, -0.1) is 0 Å². The lowest BCUT2D eigenvalue weighted by Crippen LogP contribution is -2.17. The van der Waals surface area contributed by atoms with Crippen LogP contribution in [0, 0.1) is 5.82 Å². The predicted octanol–water partition coefficient (Wildman–Crippen LogP) is 3.11. The Morgan fingerprint density at radius 1 is 1.04 bits per heavy atom. The molecule has 7 heteroatoms. The van der Waals surface area contributed by atoms with Crippen LogP contribution < -0.4 is 5.56 Å². The van der Waals surface area contributed by atoms with E-state index in [2.05, 4.69) is 10.2 Å². The van der Waals surface area contributed by atoms with Crippen LogP contribution in [0.1, 0.15) is 37.4 Å². The third-order valence-electron chi connectivity index (χ3n) is 5.40. The standard InChI is InChI=1S/C19H17FN4O2/c20-10-3-6-12-13(7-10)15-14(8-21-24-19(15)26)17-16(12)22-18(23-17)9-1-4-11(25)5-2-9/h3,6-9,11,21,25H,1-2,4-5H2,(H,24,26). The van der Waals surface area contributed by atoms with Gasteiger partial charge in [-0.2, -0.15) is 0 Å². The van der Waals surface area contributed by atoms with E-state index in [9.17, 15) is 14.3 Å². The van der Waals surface area contributed by atoms with Crippen LogP contribution in [0.5, 0.6) is 0 Å². The normalized spacial score (nSPS) is 21.0. The molecule has 0 unspecified atom stereocenters. The molecule has 0 aliphatic heterocycles. The number of aromatic amines is 2. The van der Waals surface area contributed by atoms with Gasteiger partial charge in [0.25, 0.3) is 5.56 Å². The van der Waals surface area contributed by atoms with Crippen molar-refractivity contribution in [1.82, 2.24) is 20.2 Å². The van der Waals surface area contributed by atoms with E-state index in [1.165, 1.54) is 12.1 Å². The Morgan fingerprint density at radius 2 is 1.77 bits per heavy atom. The zero-order chi connectivity index (χ0) is 17.8. The number of fused-ring (bicyclic) bond motifs is 6. The number of aliphatic hydroxyl groups is 1. The first-order chi connectivity index (χ1) is 12.6. The number of nitrogens with zero attached hydrogens (tertiary/aromatic N) is 2. The maximum absolute atomic E-state index is 13.8. The van der Waals surface area contributed by atoms with Gasteiger partial charge in [0.1, 0.15) is 17.2 Å². The van der Waals surface area contributed by atoms with Crippen molar-refractivity contribution in [2.24, 2.45) is 0 Å². The van der Waals surface area contributed by atoms with Gasteiger partial charge in [-0.3, -0.25) is 9.89 Å². The van der Waals surface area contributed by atoms with Crippen molar-refractivity contribution in [2.75, 3.05) is 0 Å². The highest BCUT2D eigenvalue weighted by molar-refractivity contribution is 6.22. The summed E-state index contributed by atoms with van der Waals surface area (Å²) in [4.78, 5) is 21.9. The van der Waals surface area contributed by atoms with Gasteiger partial charge in [-0.1, -0.05) is 0 Å². The number of benzene rings is 2. The molecular formula is C19H17FN4O2. The van der Waals surface area contributed by atoms with Crippen LogP contribution in [0.2, 0.25) is 0 Å². The molecule has 2 aromatic heterocycles. The van der Waals surface area contributed by atoms with Crippen molar-refractivity contribution >= 4 is 32.6 Å². The summed E-state index contributed by atoms with van der Waals surface area (Å²) >= 11 is 0. The highest BCUT2D eigenvalue weighted by Gasteiger charge is 2.25. The van der Waals surface area contributed by atoms with E-state index in [0.717, 1.165) is 36.9 Å². The Labute approximate surface area is 147 Å². The van der Waals surface area contributed by atoms with Crippen molar-refractivity contribution in [3.05, 3.63) is 46.4 Å². The van der Waals surface area contributed by atoms with E-state index in [0.29, 0.717) is 27.2 Å². The quantitative estimate of drug-likeness (QED) is 0.459. The van der Waals surface area contributed by atoms with Gasteiger partial charge < -0.3 is 10.2 Å². The first-order valence-electron chi connectivity index (χ1n) is 8.78. The minimum atomic E-state index is -0.397. The molecule has 0 bridgehead atoms. The molecule has 132 valence electrons. The molecule has 3 N–H and O–H groups in total. The van der Waals surface area contributed by atoms with Crippen molar-refractivity contribution in [3.8, 4) is 0 Å². The second-order valence-corrected chi connectivity index (χ2v) is 7.01. The second kappa shape index (κ2) is 5.60. The number of rotatable bonds is 1. The molecule has 4 aromatic rings. The van der Waals surface area contributed by atoms with E-state index < -0.39 is 5.82 Å². The third kappa shape index (κ3) is 2.24. The van der Waals surface area contributed by atoms with Gasteiger partial charge in [0, 0.05) is 28.3 Å². The van der Waals surface area contributed by atoms with Crippen LogP contribution in [0.15, 0.2) is 29.2 Å². The molecule has 0 saturated heterocycles. The lowest BCUT2D eigenvalue weighted by atomic mass is 9.87. The summed E-state index contributed by atoms with van der Waals surface area (Å²) in [7, 11) is 0. The minimum Gasteiger partial charge on any atom is -0.393 e. The number of aromatic nitrogens is 4. The number of aliphatic hydroxyl groups excluding tert-OH is 1. The fraction of sp³-hybridized carbons (Fsp3) is 0.316. The Morgan fingerprint density at radius 3 is 2.54 bits per heavy atom. The number of hydrogen-bond acceptors (Lipinski definition) is 4. The number of nitrogens with one attached hydrogen (secondary N) is 2. The van der Waals surface area contributed by atoms with E-state index in [-0.39, 0.29) is 17.6 Å². The molecule has 1 fully saturated rings. The van der Waals surface area contributed by atoms with Crippen molar-refractivity contribution in [1.29, 1.82) is 0 Å². The molecule has 0 spiro atoms. The van der Waals surface area contributed by atoms with E-state index >= 15 is 0 Å². The number of imidazole rings is 1. The summed E-state index contributed by atoms with van der Waals surface area (Å²) in [6.45, 7) is 0. The molecular weight excluding hydrogens is 335 g/mol. The molecule has 1 saturated carbocycles. The summed E-state index contributed by atoms with van der Waals surface area (Å²) in [5.41, 5.74) is 1.03. The van der Waals surface area contributed by atoms with Gasteiger partial charge in [-0.05, 0) is 43.9 Å². The Kier molecular flexibility index (Phi) is 3.33. The largest absolute Gasteiger partial charge is 0.393 e. The van der Waals surface area contributed by atoms with Crippen LogP contribution in [0.3, 0.4) is 0 Å². The van der Waals surface area contributed by atoms with Gasteiger partial charge in [-0.25, -0.2) is 14.4 Å². The Balaban J connectivity index is 1.85. The average molecular weight is 352 g/mol. The lowest BCUT2D eigenvalue weighted by molar-refractivity contribution is 0.121. The van der Waals surface area contributed by atoms with Crippen LogP contribution >= 0.6 is 0 Å². The maximum atomic E-state index is 13.8. The van der Waals surface area contributed by atoms with Crippen LogP contribution in [-0.2, 0) is 0 Å². The topological polar surface area (TPSA) is 94.7 Å². The number of hydrogen-bond donors (Lipinski definition) is 3. The van der Waals surface area contributed by atoms with Crippen LogP contribution in [-0.4, -0.2) is 31.4 Å². The SMILES string of the molecule is O=c1[nH][nH]cc2c3nc(C4CCC(O)CC4)nc3c3ccc(F)cc3c12. The molecule has 2 heterocycles. The van der Waals surface area contributed by atoms with Crippen LogP contribution in [0.4, 0.5) is 4.39 Å². The van der Waals surface area contributed by atoms with Crippen molar-refractivity contribution < 1.29 is 9.50 Å². The average Bonchev–Trinajstić information content (AvgIpc) is 3.08. The second-order valence-electron chi connectivity index (χ2n) is 7.01. The highest BCUT2D eigenvalue weighted by atomic mass is 19.1. The Bertz CT molecular complexity index is 1210. The number of halogens is 1. The van der Waals surface area contributed by atoms with Gasteiger partial charge in [0.15, 0.2) is 0 Å². The monoisotopic (exact) mass is 352 g/mol. The molecule has 0 atom stereocenters. The van der Waals surface area contributed by atoms with E-state index in [4.69, 9.17) is 9.97 Å². The lowest BCUT2D eigenvalue weighted by Gasteiger charge is -2.23. The molecule has 6 nitrogen and oxygen atoms in total. The smallest absolute Gasteiger partial charge is 0.270 e. The van der Waals surface area contributed by atoms with E-state index in [1.807, 2.05) is 0 Å². The minimum absolute atomic E-state index is 0.197. The highest BCUT2D eigenvalue weighted by Crippen LogP contribution is 2.36. The van der Waals surface area contributed by atoms with Gasteiger partial charge >= 0.3 is 0 Å². The predicted molar refractivity (Wildman–Crippen MR) is 96.7 cm³/mol. The third-order valence-corrected chi connectivity index (χ3v) is 5.40. The fourth-order valence-electron chi connectivity index (χ4n) is 4.07. The molecule has 1 aliphatic rings. The molecule has 0 amide bonds. The fourth-order valence-corrected chi connectivity index (χ4v) is 4.07. The van der Waals surface area contributed by atoms with Gasteiger partial charge in [0.2, 0.25) is 0 Å². The first-order valence-corrected chi connectivity index (χ1v) is 8.78.